The highest BCUT2D eigenvalue weighted by Gasteiger charge is 2.29. The van der Waals surface area contributed by atoms with E-state index < -0.39 is 17.8 Å². The van der Waals surface area contributed by atoms with Crippen molar-refractivity contribution < 1.29 is 18.0 Å². The van der Waals surface area contributed by atoms with Crippen molar-refractivity contribution in [3.05, 3.63) is 35.4 Å². The molecule has 1 aromatic rings. The lowest BCUT2D eigenvalue weighted by Gasteiger charge is -2.17. The van der Waals surface area contributed by atoms with Crippen molar-refractivity contribution in [3.8, 4) is 0 Å². The third kappa shape index (κ3) is 4.52. The zero-order chi connectivity index (χ0) is 15.3. The number of halogens is 3. The summed E-state index contributed by atoms with van der Waals surface area (Å²) in [5.41, 5.74) is 5.65. The number of hydrogen-bond acceptors (Lipinski definition) is 2. The number of carbonyl (C=O) groups excluding carboxylic acids is 1. The average molecular weight is 288 g/mol. The highest BCUT2D eigenvalue weighted by molar-refractivity contribution is 5.81. The van der Waals surface area contributed by atoms with Gasteiger partial charge in [-0.05, 0) is 23.6 Å². The van der Waals surface area contributed by atoms with Gasteiger partial charge >= 0.3 is 6.18 Å². The fourth-order valence-electron chi connectivity index (χ4n) is 1.63. The smallest absolute Gasteiger partial charge is 0.351 e. The van der Waals surface area contributed by atoms with Gasteiger partial charge in [-0.15, -0.1) is 0 Å². The Morgan fingerprint density at radius 2 is 1.85 bits per heavy atom. The monoisotopic (exact) mass is 288 g/mol. The lowest BCUT2D eigenvalue weighted by atomic mass is 9.99. The summed E-state index contributed by atoms with van der Waals surface area (Å²) in [6, 6.07) is 4.08. The van der Waals surface area contributed by atoms with Crippen LogP contribution in [0.25, 0.3) is 0 Å². The number of nitrogens with one attached hydrogen (secondary N) is 1. The van der Waals surface area contributed by atoms with Crippen LogP contribution in [0.1, 0.15) is 31.4 Å². The molecule has 0 heterocycles. The molecular weight excluding hydrogens is 269 g/mol. The van der Waals surface area contributed by atoms with Gasteiger partial charge in [-0.1, -0.05) is 32.4 Å². The van der Waals surface area contributed by atoms with Gasteiger partial charge in [0.15, 0.2) is 0 Å². The number of hydrogen-bond donors (Lipinski definition) is 2. The Morgan fingerprint density at radius 3 is 2.30 bits per heavy atom. The zero-order valence-electron chi connectivity index (χ0n) is 11.5. The maximum absolute atomic E-state index is 12.4. The SMILES string of the molecule is CC[C@H](C)[C@H](N)C(=O)NCc1ccc(C(F)(F)F)cc1. The lowest BCUT2D eigenvalue weighted by Crippen LogP contribution is -2.44. The van der Waals surface area contributed by atoms with E-state index >= 15 is 0 Å². The van der Waals surface area contributed by atoms with Crippen LogP contribution in [0.5, 0.6) is 0 Å². The maximum atomic E-state index is 12.4. The van der Waals surface area contributed by atoms with Gasteiger partial charge in [0, 0.05) is 6.54 Å². The van der Waals surface area contributed by atoms with Gasteiger partial charge in [0.25, 0.3) is 0 Å². The molecule has 0 saturated carbocycles. The van der Waals surface area contributed by atoms with Gasteiger partial charge in [0.05, 0.1) is 11.6 Å². The molecule has 3 N–H and O–H groups in total. The number of benzene rings is 1. The fourth-order valence-corrected chi connectivity index (χ4v) is 1.63. The Morgan fingerprint density at radius 1 is 1.30 bits per heavy atom. The Kier molecular flexibility index (Phi) is 5.56. The minimum Gasteiger partial charge on any atom is -0.351 e. The van der Waals surface area contributed by atoms with Gasteiger partial charge in [-0.25, -0.2) is 0 Å². The second kappa shape index (κ2) is 6.74. The van der Waals surface area contributed by atoms with Crippen LogP contribution in [0.15, 0.2) is 24.3 Å². The first-order valence-electron chi connectivity index (χ1n) is 6.45. The van der Waals surface area contributed by atoms with Crippen molar-refractivity contribution in [1.82, 2.24) is 5.32 Å². The van der Waals surface area contributed by atoms with Crippen molar-refractivity contribution >= 4 is 5.91 Å². The van der Waals surface area contributed by atoms with Gasteiger partial charge in [-0.3, -0.25) is 4.79 Å². The number of nitrogens with two attached hydrogens (primary N) is 1. The van der Waals surface area contributed by atoms with Crippen LogP contribution in [0.2, 0.25) is 0 Å². The molecule has 0 fully saturated rings. The van der Waals surface area contributed by atoms with Crippen molar-refractivity contribution in [3.63, 3.8) is 0 Å². The molecule has 6 heteroatoms. The Bertz CT molecular complexity index is 443. The molecule has 0 spiro atoms. The van der Waals surface area contributed by atoms with Crippen LogP contribution in [0.4, 0.5) is 13.2 Å². The molecule has 3 nitrogen and oxygen atoms in total. The molecule has 0 aliphatic rings. The molecule has 112 valence electrons. The van der Waals surface area contributed by atoms with Crippen molar-refractivity contribution in [1.29, 1.82) is 0 Å². The molecule has 0 saturated heterocycles. The summed E-state index contributed by atoms with van der Waals surface area (Å²) in [6.45, 7) is 3.98. The van der Waals surface area contributed by atoms with E-state index in [9.17, 15) is 18.0 Å². The second-order valence-corrected chi connectivity index (χ2v) is 4.82. The van der Waals surface area contributed by atoms with E-state index in [1.165, 1.54) is 12.1 Å². The standard InChI is InChI=1S/C14H19F3N2O/c1-3-9(2)12(18)13(20)19-8-10-4-6-11(7-5-10)14(15,16)17/h4-7,9,12H,3,8,18H2,1-2H3,(H,19,20)/t9-,12-/m0/s1. The predicted octanol–water partition coefficient (Wildman–Crippen LogP) is 2.70. The second-order valence-electron chi connectivity index (χ2n) is 4.82. The van der Waals surface area contributed by atoms with E-state index in [0.717, 1.165) is 18.6 Å². The van der Waals surface area contributed by atoms with Crippen molar-refractivity contribution in [2.24, 2.45) is 11.7 Å². The molecule has 0 bridgehead atoms. The summed E-state index contributed by atoms with van der Waals surface area (Å²) in [5, 5.41) is 2.63. The quantitative estimate of drug-likeness (QED) is 0.875. The summed E-state index contributed by atoms with van der Waals surface area (Å²) in [4.78, 5) is 11.7. The topological polar surface area (TPSA) is 55.1 Å². The predicted molar refractivity (Wildman–Crippen MR) is 70.7 cm³/mol. The normalized spacial score (nSPS) is 14.7. The van der Waals surface area contributed by atoms with E-state index in [1.54, 1.807) is 0 Å². The van der Waals surface area contributed by atoms with Gasteiger partial charge in [0.1, 0.15) is 0 Å². The molecule has 0 aromatic heterocycles. The lowest BCUT2D eigenvalue weighted by molar-refractivity contribution is -0.137. The van der Waals surface area contributed by atoms with Crippen LogP contribution in [0.3, 0.4) is 0 Å². The first-order valence-corrected chi connectivity index (χ1v) is 6.45. The highest BCUT2D eigenvalue weighted by Crippen LogP contribution is 2.29. The summed E-state index contributed by atoms with van der Waals surface area (Å²) >= 11 is 0. The minimum absolute atomic E-state index is 0.0580. The minimum atomic E-state index is -4.35. The summed E-state index contributed by atoms with van der Waals surface area (Å²) in [6.07, 6.45) is -3.56. The van der Waals surface area contributed by atoms with Crippen LogP contribution in [-0.4, -0.2) is 11.9 Å². The molecule has 1 aromatic carbocycles. The van der Waals surface area contributed by atoms with Crippen LogP contribution < -0.4 is 11.1 Å². The molecule has 0 aliphatic carbocycles. The molecule has 2 atom stereocenters. The average Bonchev–Trinajstić information content (AvgIpc) is 2.42. The molecule has 1 amide bonds. The maximum Gasteiger partial charge on any atom is 0.416 e. The van der Waals surface area contributed by atoms with E-state index in [1.807, 2.05) is 13.8 Å². The van der Waals surface area contributed by atoms with Gasteiger partial charge < -0.3 is 11.1 Å². The van der Waals surface area contributed by atoms with E-state index in [4.69, 9.17) is 5.73 Å². The molecule has 0 aliphatic heterocycles. The van der Waals surface area contributed by atoms with E-state index in [0.29, 0.717) is 5.56 Å². The summed E-state index contributed by atoms with van der Waals surface area (Å²) < 4.78 is 37.1. The number of amides is 1. The fraction of sp³-hybridized carbons (Fsp3) is 0.500. The summed E-state index contributed by atoms with van der Waals surface area (Å²) in [5.74, 6) is -0.234. The Labute approximate surface area is 116 Å². The largest absolute Gasteiger partial charge is 0.416 e. The molecule has 0 unspecified atom stereocenters. The van der Waals surface area contributed by atoms with Gasteiger partial charge in [-0.2, -0.15) is 13.2 Å². The molecule has 20 heavy (non-hydrogen) atoms. The molecular formula is C14H19F3N2O. The molecule has 1 rings (SSSR count). The van der Waals surface area contributed by atoms with Crippen LogP contribution in [-0.2, 0) is 17.5 Å². The highest BCUT2D eigenvalue weighted by atomic mass is 19.4. The first-order chi connectivity index (χ1) is 9.25. The third-order valence-corrected chi connectivity index (χ3v) is 3.31. The first kappa shape index (κ1) is 16.5. The zero-order valence-corrected chi connectivity index (χ0v) is 11.5. The number of carbonyl (C=O) groups is 1. The number of rotatable bonds is 5. The van der Waals surface area contributed by atoms with E-state index in [-0.39, 0.29) is 18.4 Å². The molecule has 0 radical (unpaired) electrons. The third-order valence-electron chi connectivity index (χ3n) is 3.31. The van der Waals surface area contributed by atoms with Crippen molar-refractivity contribution in [2.45, 2.75) is 39.0 Å². The van der Waals surface area contributed by atoms with Gasteiger partial charge in [0.2, 0.25) is 5.91 Å². The number of alkyl halides is 3. The van der Waals surface area contributed by atoms with Crippen molar-refractivity contribution in [2.75, 3.05) is 0 Å². The Balaban J connectivity index is 2.56. The Hall–Kier alpha value is -1.56. The van der Waals surface area contributed by atoms with Crippen LogP contribution in [0, 0.1) is 5.92 Å². The van der Waals surface area contributed by atoms with E-state index in [2.05, 4.69) is 5.32 Å². The summed E-state index contributed by atoms with van der Waals surface area (Å²) in [7, 11) is 0. The van der Waals surface area contributed by atoms with Crippen LogP contribution >= 0.6 is 0 Å².